The summed E-state index contributed by atoms with van der Waals surface area (Å²) in [7, 11) is 0. The SMILES string of the molecule is CCN(CCC#N)c1ncccc1Br. The van der Waals surface area contributed by atoms with Gasteiger partial charge in [0.15, 0.2) is 0 Å². The number of nitrogens with zero attached hydrogens (tertiary/aromatic N) is 3. The van der Waals surface area contributed by atoms with Crippen LogP contribution in [0.3, 0.4) is 0 Å². The maximum absolute atomic E-state index is 8.52. The molecule has 0 aliphatic heterocycles. The van der Waals surface area contributed by atoms with Crippen LogP contribution in [0.1, 0.15) is 13.3 Å². The second-order valence-corrected chi connectivity index (χ2v) is 3.65. The zero-order valence-corrected chi connectivity index (χ0v) is 9.66. The van der Waals surface area contributed by atoms with Crippen molar-refractivity contribution in [2.24, 2.45) is 0 Å². The zero-order valence-electron chi connectivity index (χ0n) is 8.07. The van der Waals surface area contributed by atoms with Gasteiger partial charge in [-0.2, -0.15) is 5.26 Å². The Kier molecular flexibility index (Phi) is 4.41. The number of hydrogen-bond donors (Lipinski definition) is 0. The minimum atomic E-state index is 0.525. The lowest BCUT2D eigenvalue weighted by Gasteiger charge is -2.21. The molecule has 0 bridgehead atoms. The maximum Gasteiger partial charge on any atom is 0.142 e. The number of nitriles is 1. The quantitative estimate of drug-likeness (QED) is 0.829. The monoisotopic (exact) mass is 253 g/mol. The van der Waals surface area contributed by atoms with Gasteiger partial charge >= 0.3 is 0 Å². The fourth-order valence-corrected chi connectivity index (χ4v) is 1.71. The predicted molar refractivity (Wildman–Crippen MR) is 60.1 cm³/mol. The topological polar surface area (TPSA) is 39.9 Å². The first-order valence-corrected chi connectivity index (χ1v) is 5.31. The number of halogens is 1. The number of rotatable bonds is 4. The summed E-state index contributed by atoms with van der Waals surface area (Å²) in [5, 5.41) is 8.52. The van der Waals surface area contributed by atoms with Crippen LogP contribution in [-0.4, -0.2) is 18.1 Å². The first kappa shape index (κ1) is 11.0. The third kappa shape index (κ3) is 2.71. The van der Waals surface area contributed by atoms with Gasteiger partial charge in [0.25, 0.3) is 0 Å². The molecule has 0 atom stereocenters. The molecule has 1 rings (SSSR count). The third-order valence-electron chi connectivity index (χ3n) is 1.91. The molecule has 0 N–H and O–H groups in total. The van der Waals surface area contributed by atoms with Crippen molar-refractivity contribution in [3.05, 3.63) is 22.8 Å². The third-order valence-corrected chi connectivity index (χ3v) is 2.53. The summed E-state index contributed by atoms with van der Waals surface area (Å²) in [4.78, 5) is 6.35. The fraction of sp³-hybridized carbons (Fsp3) is 0.400. The molecule has 4 heteroatoms. The summed E-state index contributed by atoms with van der Waals surface area (Å²) in [6, 6.07) is 5.97. The number of anilines is 1. The summed E-state index contributed by atoms with van der Waals surface area (Å²) in [5.41, 5.74) is 0. The lowest BCUT2D eigenvalue weighted by Crippen LogP contribution is -2.24. The Bertz CT molecular complexity index is 332. The highest BCUT2D eigenvalue weighted by molar-refractivity contribution is 9.10. The van der Waals surface area contributed by atoms with E-state index in [-0.39, 0.29) is 0 Å². The number of pyridine rings is 1. The molecule has 0 aliphatic rings. The molecule has 0 saturated carbocycles. The minimum absolute atomic E-state index is 0.525. The highest BCUT2D eigenvalue weighted by Gasteiger charge is 2.07. The van der Waals surface area contributed by atoms with Crippen molar-refractivity contribution in [1.29, 1.82) is 5.26 Å². The molecular formula is C10H12BrN3. The van der Waals surface area contributed by atoms with E-state index in [2.05, 4.69) is 38.8 Å². The molecule has 1 aromatic rings. The lowest BCUT2D eigenvalue weighted by molar-refractivity contribution is 0.808. The highest BCUT2D eigenvalue weighted by Crippen LogP contribution is 2.22. The first-order valence-electron chi connectivity index (χ1n) is 4.52. The van der Waals surface area contributed by atoms with Gasteiger partial charge in [0, 0.05) is 19.3 Å². The highest BCUT2D eigenvalue weighted by atomic mass is 79.9. The van der Waals surface area contributed by atoms with E-state index < -0.39 is 0 Å². The molecule has 1 aromatic heterocycles. The van der Waals surface area contributed by atoms with E-state index in [4.69, 9.17) is 5.26 Å². The summed E-state index contributed by atoms with van der Waals surface area (Å²) in [6.07, 6.45) is 2.28. The van der Waals surface area contributed by atoms with E-state index in [9.17, 15) is 0 Å². The Morgan fingerprint density at radius 3 is 3.00 bits per heavy atom. The Morgan fingerprint density at radius 2 is 2.43 bits per heavy atom. The van der Waals surface area contributed by atoms with Gasteiger partial charge in [-0.15, -0.1) is 0 Å². The van der Waals surface area contributed by atoms with Crippen LogP contribution >= 0.6 is 15.9 Å². The van der Waals surface area contributed by atoms with Gasteiger partial charge in [-0.05, 0) is 35.0 Å². The van der Waals surface area contributed by atoms with Crippen LogP contribution in [-0.2, 0) is 0 Å². The molecular weight excluding hydrogens is 242 g/mol. The first-order chi connectivity index (χ1) is 6.79. The summed E-state index contributed by atoms with van der Waals surface area (Å²) in [6.45, 7) is 3.64. The van der Waals surface area contributed by atoms with E-state index in [0.29, 0.717) is 6.42 Å². The van der Waals surface area contributed by atoms with Crippen molar-refractivity contribution >= 4 is 21.7 Å². The van der Waals surface area contributed by atoms with Crippen LogP contribution < -0.4 is 4.90 Å². The van der Waals surface area contributed by atoms with Gasteiger partial charge in [0.1, 0.15) is 5.82 Å². The Labute approximate surface area is 92.5 Å². The van der Waals surface area contributed by atoms with Crippen molar-refractivity contribution in [3.63, 3.8) is 0 Å². The van der Waals surface area contributed by atoms with E-state index >= 15 is 0 Å². The standard InChI is InChI=1S/C10H12BrN3/c1-2-14(8-4-6-12)10-9(11)5-3-7-13-10/h3,5,7H,2,4,8H2,1H3. The second-order valence-electron chi connectivity index (χ2n) is 2.80. The normalized spacial score (nSPS) is 9.50. The van der Waals surface area contributed by atoms with Gasteiger partial charge in [-0.25, -0.2) is 4.98 Å². The van der Waals surface area contributed by atoms with Crippen LogP contribution in [0.2, 0.25) is 0 Å². The predicted octanol–water partition coefficient (Wildman–Crippen LogP) is 2.58. The molecule has 74 valence electrons. The van der Waals surface area contributed by atoms with E-state index in [1.165, 1.54) is 0 Å². The molecule has 0 amide bonds. The molecule has 0 unspecified atom stereocenters. The number of hydrogen-bond acceptors (Lipinski definition) is 3. The second kappa shape index (κ2) is 5.61. The van der Waals surface area contributed by atoms with Gasteiger partial charge in [-0.1, -0.05) is 0 Å². The van der Waals surface area contributed by atoms with Crippen molar-refractivity contribution in [3.8, 4) is 6.07 Å². The average Bonchev–Trinajstić information content (AvgIpc) is 2.21. The molecule has 14 heavy (non-hydrogen) atoms. The van der Waals surface area contributed by atoms with Gasteiger partial charge in [-0.3, -0.25) is 0 Å². The number of aromatic nitrogens is 1. The van der Waals surface area contributed by atoms with Crippen molar-refractivity contribution in [2.75, 3.05) is 18.0 Å². The zero-order chi connectivity index (χ0) is 10.4. The molecule has 0 radical (unpaired) electrons. The average molecular weight is 254 g/mol. The molecule has 1 heterocycles. The van der Waals surface area contributed by atoms with Crippen LogP contribution in [0.15, 0.2) is 22.8 Å². The molecule has 3 nitrogen and oxygen atoms in total. The fourth-order valence-electron chi connectivity index (χ4n) is 1.21. The molecule has 0 fully saturated rings. The van der Waals surface area contributed by atoms with Crippen LogP contribution in [0.5, 0.6) is 0 Å². The van der Waals surface area contributed by atoms with Crippen molar-refractivity contribution in [2.45, 2.75) is 13.3 Å². The van der Waals surface area contributed by atoms with Crippen molar-refractivity contribution in [1.82, 2.24) is 4.98 Å². The molecule has 0 aliphatic carbocycles. The molecule has 0 spiro atoms. The largest absolute Gasteiger partial charge is 0.355 e. The minimum Gasteiger partial charge on any atom is -0.355 e. The summed E-state index contributed by atoms with van der Waals surface area (Å²) < 4.78 is 0.972. The summed E-state index contributed by atoms with van der Waals surface area (Å²) in [5.74, 6) is 0.908. The van der Waals surface area contributed by atoms with Gasteiger partial charge < -0.3 is 4.90 Å². The van der Waals surface area contributed by atoms with E-state index in [1.54, 1.807) is 6.20 Å². The Hall–Kier alpha value is -1.08. The Balaban J connectivity index is 2.79. The molecule has 0 saturated heterocycles. The van der Waals surface area contributed by atoms with E-state index in [1.807, 2.05) is 12.1 Å². The maximum atomic E-state index is 8.52. The van der Waals surface area contributed by atoms with Crippen LogP contribution in [0, 0.1) is 11.3 Å². The van der Waals surface area contributed by atoms with Gasteiger partial charge in [0.05, 0.1) is 17.0 Å². The smallest absolute Gasteiger partial charge is 0.142 e. The van der Waals surface area contributed by atoms with Crippen LogP contribution in [0.25, 0.3) is 0 Å². The van der Waals surface area contributed by atoms with Crippen LogP contribution in [0.4, 0.5) is 5.82 Å². The Morgan fingerprint density at radius 1 is 1.64 bits per heavy atom. The van der Waals surface area contributed by atoms with E-state index in [0.717, 1.165) is 23.4 Å². The summed E-state index contributed by atoms with van der Waals surface area (Å²) >= 11 is 3.44. The lowest BCUT2D eigenvalue weighted by atomic mass is 10.3. The molecule has 0 aromatic carbocycles. The van der Waals surface area contributed by atoms with Gasteiger partial charge in [0.2, 0.25) is 0 Å². The van der Waals surface area contributed by atoms with Crippen molar-refractivity contribution < 1.29 is 0 Å².